The monoisotopic (exact) mass is 469 g/mol. The first kappa shape index (κ1) is 26.1. The van der Waals surface area contributed by atoms with Crippen LogP contribution in [0.2, 0.25) is 0 Å². The molecule has 0 aliphatic heterocycles. The zero-order valence-corrected chi connectivity index (χ0v) is 20.1. The number of allylic oxidation sites excluding steroid dienone is 2. The molecule has 0 saturated heterocycles. The van der Waals surface area contributed by atoms with Crippen LogP contribution in [-0.4, -0.2) is 29.8 Å². The number of hydrogen-bond acceptors (Lipinski definition) is 4. The number of benzene rings is 2. The summed E-state index contributed by atoms with van der Waals surface area (Å²) in [4.78, 5) is 0. The molecular formula is C28H37F2N3O. The van der Waals surface area contributed by atoms with Gasteiger partial charge in [0.1, 0.15) is 11.6 Å². The summed E-state index contributed by atoms with van der Waals surface area (Å²) in [6.07, 6.45) is 10.6. The minimum Gasteiger partial charge on any atom is -0.405 e. The van der Waals surface area contributed by atoms with Crippen molar-refractivity contribution in [2.24, 2.45) is 5.73 Å². The highest BCUT2D eigenvalue weighted by molar-refractivity contribution is 5.36. The molecule has 0 aromatic heterocycles. The second kappa shape index (κ2) is 12.8. The van der Waals surface area contributed by atoms with Crippen molar-refractivity contribution in [3.8, 4) is 0 Å². The van der Waals surface area contributed by atoms with Crippen molar-refractivity contribution in [3.05, 3.63) is 94.7 Å². The standard InChI is InChI=1S/C28H37F2N3O/c1-3-20-10-11-22-8-6-9-26(25(22)15-20)32-18-28(34)27(33-19(2)7-4-5-12-31)16-21-13-23(29)17-24(30)14-21/h4-5,7,10-15,17,19,26-28,32-34H,3,6,8-9,16,18,31H2,1-2H3/b7-4-,12-5-/t19?,26-,27-,28+/m0/s1. The van der Waals surface area contributed by atoms with Crippen molar-refractivity contribution in [1.29, 1.82) is 0 Å². The van der Waals surface area contributed by atoms with Gasteiger partial charge in [-0.05, 0) is 85.7 Å². The molecule has 0 saturated carbocycles. The summed E-state index contributed by atoms with van der Waals surface area (Å²) in [5, 5.41) is 18.1. The quantitative estimate of drug-likeness (QED) is 0.367. The maximum atomic E-state index is 13.8. The summed E-state index contributed by atoms with van der Waals surface area (Å²) >= 11 is 0. The highest BCUT2D eigenvalue weighted by atomic mass is 19.1. The summed E-state index contributed by atoms with van der Waals surface area (Å²) in [5.41, 5.74) is 9.89. The number of nitrogens with two attached hydrogens (primary N) is 1. The number of aliphatic hydroxyl groups excluding tert-OH is 1. The van der Waals surface area contributed by atoms with Gasteiger partial charge in [-0.2, -0.15) is 0 Å². The summed E-state index contributed by atoms with van der Waals surface area (Å²) < 4.78 is 27.6. The molecule has 6 heteroatoms. The molecule has 3 rings (SSSR count). The Balaban J connectivity index is 1.72. The van der Waals surface area contributed by atoms with Crippen molar-refractivity contribution in [1.82, 2.24) is 10.6 Å². The SMILES string of the molecule is CCc1ccc2c(c1)[C@@H](NC[C@@H](O)[C@H](Cc1cc(F)cc(F)c1)NC(C)/C=C\C=C/N)CCC2. The van der Waals surface area contributed by atoms with E-state index in [2.05, 4.69) is 35.8 Å². The number of rotatable bonds is 11. The molecule has 0 amide bonds. The molecule has 0 heterocycles. The van der Waals surface area contributed by atoms with Gasteiger partial charge < -0.3 is 21.5 Å². The molecule has 2 aromatic carbocycles. The molecule has 184 valence electrons. The van der Waals surface area contributed by atoms with Gasteiger partial charge in [0, 0.05) is 30.7 Å². The summed E-state index contributed by atoms with van der Waals surface area (Å²) in [6.45, 7) is 4.49. The molecular weight excluding hydrogens is 432 g/mol. The van der Waals surface area contributed by atoms with Gasteiger partial charge in [-0.3, -0.25) is 0 Å². The zero-order chi connectivity index (χ0) is 24.5. The fraction of sp³-hybridized carbons (Fsp3) is 0.429. The van der Waals surface area contributed by atoms with E-state index in [1.165, 1.54) is 35.0 Å². The second-order valence-corrected chi connectivity index (χ2v) is 9.12. The van der Waals surface area contributed by atoms with Gasteiger partial charge in [0.05, 0.1) is 6.10 Å². The highest BCUT2D eigenvalue weighted by Gasteiger charge is 2.25. The fourth-order valence-electron chi connectivity index (χ4n) is 4.66. The lowest BCUT2D eigenvalue weighted by Crippen LogP contribution is -2.49. The Kier molecular flexibility index (Phi) is 9.81. The van der Waals surface area contributed by atoms with E-state index in [1.807, 2.05) is 19.1 Å². The molecule has 34 heavy (non-hydrogen) atoms. The Morgan fingerprint density at radius 3 is 2.59 bits per heavy atom. The van der Waals surface area contributed by atoms with E-state index >= 15 is 0 Å². The van der Waals surface area contributed by atoms with Gasteiger partial charge in [0.25, 0.3) is 0 Å². The van der Waals surface area contributed by atoms with Gasteiger partial charge in [0.15, 0.2) is 0 Å². The van der Waals surface area contributed by atoms with Crippen LogP contribution < -0.4 is 16.4 Å². The molecule has 1 unspecified atom stereocenters. The van der Waals surface area contributed by atoms with Crippen LogP contribution in [-0.2, 0) is 19.3 Å². The Morgan fingerprint density at radius 1 is 1.12 bits per heavy atom. The fourth-order valence-corrected chi connectivity index (χ4v) is 4.66. The number of halogens is 2. The van der Waals surface area contributed by atoms with Crippen molar-refractivity contribution in [3.63, 3.8) is 0 Å². The molecule has 2 aromatic rings. The molecule has 5 N–H and O–H groups in total. The maximum absolute atomic E-state index is 13.8. The Bertz CT molecular complexity index is 971. The first-order chi connectivity index (χ1) is 16.4. The van der Waals surface area contributed by atoms with E-state index in [4.69, 9.17) is 5.73 Å². The lowest BCUT2D eigenvalue weighted by Gasteiger charge is -2.31. The van der Waals surface area contributed by atoms with E-state index in [0.717, 1.165) is 31.7 Å². The molecule has 4 atom stereocenters. The third kappa shape index (κ3) is 7.49. The average molecular weight is 470 g/mol. The number of nitrogens with one attached hydrogen (secondary N) is 2. The van der Waals surface area contributed by atoms with Gasteiger partial charge in [0.2, 0.25) is 0 Å². The minimum atomic E-state index is -0.757. The third-order valence-electron chi connectivity index (χ3n) is 6.45. The van der Waals surface area contributed by atoms with Crippen LogP contribution in [0, 0.1) is 11.6 Å². The Hall–Kier alpha value is -2.54. The second-order valence-electron chi connectivity index (χ2n) is 9.12. The molecule has 0 spiro atoms. The van der Waals surface area contributed by atoms with Crippen molar-refractivity contribution in [2.75, 3.05) is 6.54 Å². The topological polar surface area (TPSA) is 70.3 Å². The van der Waals surface area contributed by atoms with Crippen LogP contribution in [0.15, 0.2) is 60.8 Å². The van der Waals surface area contributed by atoms with Gasteiger partial charge >= 0.3 is 0 Å². The first-order valence-corrected chi connectivity index (χ1v) is 12.2. The number of fused-ring (bicyclic) bond motifs is 1. The summed E-state index contributed by atoms with van der Waals surface area (Å²) in [5.74, 6) is -1.24. The number of aliphatic hydroxyl groups is 1. The normalized spacial score (nSPS) is 18.8. The summed E-state index contributed by atoms with van der Waals surface area (Å²) in [7, 11) is 0. The molecule has 4 nitrogen and oxygen atoms in total. The van der Waals surface area contributed by atoms with Crippen molar-refractivity contribution >= 4 is 0 Å². The van der Waals surface area contributed by atoms with Crippen LogP contribution in [0.3, 0.4) is 0 Å². The zero-order valence-electron chi connectivity index (χ0n) is 20.1. The van der Waals surface area contributed by atoms with Crippen LogP contribution in [0.5, 0.6) is 0 Å². The molecule has 0 bridgehead atoms. The summed E-state index contributed by atoms with van der Waals surface area (Å²) in [6, 6.07) is 9.91. The minimum absolute atomic E-state index is 0.0724. The Labute approximate surface area is 202 Å². The van der Waals surface area contributed by atoms with E-state index in [9.17, 15) is 13.9 Å². The molecule has 0 fully saturated rings. The van der Waals surface area contributed by atoms with Gasteiger partial charge in [-0.25, -0.2) is 8.78 Å². The van der Waals surface area contributed by atoms with E-state index in [1.54, 1.807) is 6.08 Å². The van der Waals surface area contributed by atoms with E-state index < -0.39 is 23.8 Å². The van der Waals surface area contributed by atoms with Crippen LogP contribution >= 0.6 is 0 Å². The van der Waals surface area contributed by atoms with Crippen molar-refractivity contribution in [2.45, 2.75) is 70.2 Å². The highest BCUT2D eigenvalue weighted by Crippen LogP contribution is 2.30. The van der Waals surface area contributed by atoms with Crippen LogP contribution in [0.1, 0.15) is 55.0 Å². The van der Waals surface area contributed by atoms with Crippen LogP contribution in [0.25, 0.3) is 0 Å². The van der Waals surface area contributed by atoms with E-state index in [-0.39, 0.29) is 12.1 Å². The lowest BCUT2D eigenvalue weighted by atomic mass is 9.86. The predicted octanol–water partition coefficient (Wildman–Crippen LogP) is 4.47. The average Bonchev–Trinajstić information content (AvgIpc) is 2.81. The number of aryl methyl sites for hydroxylation is 2. The largest absolute Gasteiger partial charge is 0.405 e. The maximum Gasteiger partial charge on any atom is 0.126 e. The molecule has 0 radical (unpaired) electrons. The molecule has 1 aliphatic rings. The van der Waals surface area contributed by atoms with Gasteiger partial charge in [-0.15, -0.1) is 0 Å². The van der Waals surface area contributed by atoms with E-state index in [0.29, 0.717) is 18.5 Å². The van der Waals surface area contributed by atoms with Crippen LogP contribution in [0.4, 0.5) is 8.78 Å². The lowest BCUT2D eigenvalue weighted by molar-refractivity contribution is 0.117. The van der Waals surface area contributed by atoms with Gasteiger partial charge in [-0.1, -0.05) is 37.3 Å². The Morgan fingerprint density at radius 2 is 1.88 bits per heavy atom. The predicted molar refractivity (Wildman–Crippen MR) is 134 cm³/mol. The third-order valence-corrected chi connectivity index (χ3v) is 6.45. The molecule has 1 aliphatic carbocycles. The number of hydrogen-bond donors (Lipinski definition) is 4. The van der Waals surface area contributed by atoms with Crippen molar-refractivity contribution < 1.29 is 13.9 Å². The first-order valence-electron chi connectivity index (χ1n) is 12.2. The smallest absolute Gasteiger partial charge is 0.126 e.